The summed E-state index contributed by atoms with van der Waals surface area (Å²) in [7, 11) is 0. The van der Waals surface area contributed by atoms with Gasteiger partial charge >= 0.3 is 6.18 Å². The van der Waals surface area contributed by atoms with Gasteiger partial charge in [0.05, 0.1) is 43.4 Å². The van der Waals surface area contributed by atoms with Crippen LogP contribution in [-0.2, 0) is 15.7 Å². The maximum Gasteiger partial charge on any atom is 0.416 e. The molecule has 0 radical (unpaired) electrons. The Morgan fingerprint density at radius 3 is 2.45 bits per heavy atom. The fourth-order valence-electron chi connectivity index (χ4n) is 3.70. The number of nitrogens with one attached hydrogen (secondary N) is 2. The molecule has 2 aliphatic heterocycles. The zero-order valence-corrected chi connectivity index (χ0v) is 18.2. The zero-order valence-electron chi connectivity index (χ0n) is 18.2. The normalized spacial score (nSPS) is 17.2. The molecule has 2 aliphatic rings. The molecule has 2 heterocycles. The minimum Gasteiger partial charge on any atom is -0.490 e. The number of hydrogen-bond donors (Lipinski definition) is 2. The Hall–Kier alpha value is -3.14. The van der Waals surface area contributed by atoms with E-state index in [1.54, 1.807) is 25.1 Å². The van der Waals surface area contributed by atoms with Crippen molar-refractivity contribution in [2.75, 3.05) is 55.1 Å². The minimum atomic E-state index is -4.52. The van der Waals surface area contributed by atoms with Crippen LogP contribution in [0.2, 0.25) is 0 Å². The lowest BCUT2D eigenvalue weighted by Crippen LogP contribution is -2.37. The lowest BCUT2D eigenvalue weighted by molar-refractivity contribution is -0.137. The van der Waals surface area contributed by atoms with Crippen LogP contribution in [0, 0.1) is 0 Å². The highest BCUT2D eigenvalue weighted by Gasteiger charge is 2.32. The van der Waals surface area contributed by atoms with Crippen LogP contribution >= 0.6 is 0 Å². The molecule has 0 bridgehead atoms. The van der Waals surface area contributed by atoms with Gasteiger partial charge in [0, 0.05) is 31.3 Å². The Balaban J connectivity index is 1.51. The summed E-state index contributed by atoms with van der Waals surface area (Å²) in [6.45, 7) is 4.74. The molecule has 0 saturated carbocycles. The number of alkyl halides is 3. The first-order chi connectivity index (χ1) is 15.8. The molecule has 178 valence electrons. The molecule has 0 aliphatic carbocycles. The molecule has 7 nitrogen and oxygen atoms in total. The number of amides is 1. The smallest absolute Gasteiger partial charge is 0.416 e. The van der Waals surface area contributed by atoms with Crippen molar-refractivity contribution in [3.05, 3.63) is 42.0 Å². The van der Waals surface area contributed by atoms with Crippen molar-refractivity contribution in [2.24, 2.45) is 0 Å². The summed E-state index contributed by atoms with van der Waals surface area (Å²) in [5.41, 5.74) is 0.462. The lowest BCUT2D eigenvalue weighted by atomic mass is 10.1. The number of hydrogen-bond acceptors (Lipinski definition) is 6. The molecule has 0 spiro atoms. The first-order valence-electron chi connectivity index (χ1n) is 10.8. The van der Waals surface area contributed by atoms with E-state index in [0.717, 1.165) is 18.6 Å². The highest BCUT2D eigenvalue weighted by Crippen LogP contribution is 2.36. The minimum absolute atomic E-state index is 0.115. The molecule has 1 fully saturated rings. The van der Waals surface area contributed by atoms with E-state index in [2.05, 4.69) is 10.6 Å². The van der Waals surface area contributed by atoms with E-state index in [1.165, 1.54) is 6.07 Å². The van der Waals surface area contributed by atoms with Crippen LogP contribution in [0.4, 0.5) is 30.2 Å². The van der Waals surface area contributed by atoms with E-state index in [4.69, 9.17) is 14.2 Å². The van der Waals surface area contributed by atoms with Crippen molar-refractivity contribution in [3.8, 4) is 11.5 Å². The zero-order chi connectivity index (χ0) is 23.4. The van der Waals surface area contributed by atoms with E-state index < -0.39 is 23.7 Å². The van der Waals surface area contributed by atoms with Gasteiger partial charge in [-0.2, -0.15) is 13.2 Å². The molecule has 10 heteroatoms. The predicted molar refractivity (Wildman–Crippen MR) is 118 cm³/mol. The van der Waals surface area contributed by atoms with Crippen molar-refractivity contribution in [1.29, 1.82) is 0 Å². The predicted octanol–water partition coefficient (Wildman–Crippen LogP) is 4.14. The topological polar surface area (TPSA) is 72.1 Å². The van der Waals surface area contributed by atoms with Crippen LogP contribution in [0.5, 0.6) is 11.5 Å². The van der Waals surface area contributed by atoms with Gasteiger partial charge in [0.25, 0.3) is 0 Å². The molecule has 1 atom stereocenters. The van der Waals surface area contributed by atoms with Crippen LogP contribution in [0.1, 0.15) is 18.9 Å². The number of carbonyl (C=O) groups is 1. The third-order valence-electron chi connectivity index (χ3n) is 5.46. The number of anilines is 3. The summed E-state index contributed by atoms with van der Waals surface area (Å²) in [6.07, 6.45) is -3.74. The first-order valence-corrected chi connectivity index (χ1v) is 10.8. The van der Waals surface area contributed by atoms with Crippen molar-refractivity contribution in [3.63, 3.8) is 0 Å². The van der Waals surface area contributed by atoms with Gasteiger partial charge in [-0.1, -0.05) is 0 Å². The fourth-order valence-corrected chi connectivity index (χ4v) is 3.70. The quantitative estimate of drug-likeness (QED) is 0.692. The van der Waals surface area contributed by atoms with Crippen LogP contribution in [0.25, 0.3) is 0 Å². The molecule has 2 aromatic rings. The van der Waals surface area contributed by atoms with Gasteiger partial charge in [0.2, 0.25) is 5.91 Å². The average Bonchev–Trinajstić information content (AvgIpc) is 3.04. The number of ether oxygens (including phenoxy) is 3. The highest BCUT2D eigenvalue weighted by molar-refractivity contribution is 5.99. The van der Waals surface area contributed by atoms with E-state index in [0.29, 0.717) is 62.4 Å². The molecule has 2 aromatic carbocycles. The third kappa shape index (κ3) is 5.62. The van der Waals surface area contributed by atoms with Crippen LogP contribution in [-0.4, -0.2) is 51.5 Å². The van der Waals surface area contributed by atoms with Gasteiger partial charge in [0.1, 0.15) is 6.04 Å². The fraction of sp³-hybridized carbons (Fsp3) is 0.435. The second-order valence-corrected chi connectivity index (χ2v) is 7.90. The molecule has 1 unspecified atom stereocenters. The van der Waals surface area contributed by atoms with Crippen LogP contribution in [0.15, 0.2) is 36.4 Å². The average molecular weight is 465 g/mol. The Bertz CT molecular complexity index is 993. The monoisotopic (exact) mass is 465 g/mol. The summed E-state index contributed by atoms with van der Waals surface area (Å²) in [5, 5.41) is 5.75. The van der Waals surface area contributed by atoms with Crippen molar-refractivity contribution in [1.82, 2.24) is 0 Å². The molecular formula is C23H26F3N3O4. The molecule has 1 saturated heterocycles. The van der Waals surface area contributed by atoms with E-state index in [9.17, 15) is 18.0 Å². The highest BCUT2D eigenvalue weighted by atomic mass is 19.4. The number of benzene rings is 2. The van der Waals surface area contributed by atoms with Crippen LogP contribution < -0.4 is 25.0 Å². The molecule has 0 aromatic heterocycles. The van der Waals surface area contributed by atoms with E-state index >= 15 is 0 Å². The third-order valence-corrected chi connectivity index (χ3v) is 5.46. The van der Waals surface area contributed by atoms with Gasteiger partial charge < -0.3 is 29.7 Å². The van der Waals surface area contributed by atoms with Gasteiger partial charge in [-0.15, -0.1) is 0 Å². The van der Waals surface area contributed by atoms with E-state index in [-0.39, 0.29) is 5.69 Å². The van der Waals surface area contributed by atoms with Crippen molar-refractivity contribution in [2.45, 2.75) is 25.6 Å². The van der Waals surface area contributed by atoms with Gasteiger partial charge in [0.15, 0.2) is 11.5 Å². The molecular weight excluding hydrogens is 439 g/mol. The first kappa shape index (κ1) is 23.0. The number of nitrogens with zero attached hydrogens (tertiary/aromatic N) is 1. The van der Waals surface area contributed by atoms with Crippen LogP contribution in [0.3, 0.4) is 0 Å². The lowest BCUT2D eigenvalue weighted by Gasteiger charge is -2.31. The molecule has 4 rings (SSSR count). The Kier molecular flexibility index (Phi) is 6.83. The molecule has 33 heavy (non-hydrogen) atoms. The maximum absolute atomic E-state index is 13.3. The Morgan fingerprint density at radius 1 is 1.00 bits per heavy atom. The second-order valence-electron chi connectivity index (χ2n) is 7.90. The number of morpholine rings is 1. The Labute approximate surface area is 189 Å². The standard InChI is InChI=1S/C23H26F3N3O4/c1-15(27-17-4-6-20-21(14-17)33-10-2-9-32-20)22(30)28-18-13-16(23(24,25)26)3-5-19(18)29-7-11-31-12-8-29/h3-6,13-15,27H,2,7-12H2,1H3,(H,28,30). The number of halogens is 3. The number of rotatable bonds is 5. The summed E-state index contributed by atoms with van der Waals surface area (Å²) in [5.74, 6) is 0.753. The SMILES string of the molecule is CC(Nc1ccc2c(c1)OCCCO2)C(=O)Nc1cc(C(F)(F)F)ccc1N1CCOCC1. The molecule has 1 amide bonds. The molecule has 2 N–H and O–H groups in total. The van der Waals surface area contributed by atoms with Crippen molar-refractivity contribution >= 4 is 23.0 Å². The second kappa shape index (κ2) is 9.78. The maximum atomic E-state index is 13.3. The summed E-state index contributed by atoms with van der Waals surface area (Å²) in [6, 6.07) is 7.95. The largest absolute Gasteiger partial charge is 0.490 e. The number of fused-ring (bicyclic) bond motifs is 1. The summed E-state index contributed by atoms with van der Waals surface area (Å²) in [4.78, 5) is 14.8. The number of carbonyl (C=O) groups excluding carboxylic acids is 1. The van der Waals surface area contributed by atoms with Gasteiger partial charge in [-0.25, -0.2) is 0 Å². The van der Waals surface area contributed by atoms with Gasteiger partial charge in [-0.3, -0.25) is 4.79 Å². The van der Waals surface area contributed by atoms with Crippen molar-refractivity contribution < 1.29 is 32.2 Å². The van der Waals surface area contributed by atoms with Gasteiger partial charge in [-0.05, 0) is 37.3 Å². The Morgan fingerprint density at radius 2 is 1.73 bits per heavy atom. The summed E-state index contributed by atoms with van der Waals surface area (Å²) < 4.78 is 56.5. The van der Waals surface area contributed by atoms with E-state index in [1.807, 2.05) is 4.90 Å². The summed E-state index contributed by atoms with van der Waals surface area (Å²) >= 11 is 0.